The molecule has 0 unspecified atom stereocenters. The average molecular weight is 460 g/mol. The monoisotopic (exact) mass is 459 g/mol. The molecule has 7 nitrogen and oxygen atoms in total. The van der Waals surface area contributed by atoms with Gasteiger partial charge in [-0.05, 0) is 46.6 Å². The fraction of sp³-hybridized carbons (Fsp3) is 0.150. The molecule has 2 aromatic heterocycles. The average Bonchev–Trinajstić information content (AvgIpc) is 3.10. The molecule has 0 atom stereocenters. The fourth-order valence-corrected chi connectivity index (χ4v) is 2.92. The summed E-state index contributed by atoms with van der Waals surface area (Å²) in [5.41, 5.74) is 2.09. The van der Waals surface area contributed by atoms with Gasteiger partial charge in [0.1, 0.15) is 11.6 Å². The molecule has 2 heterocycles. The Morgan fingerprint density at radius 3 is 2.90 bits per heavy atom. The third kappa shape index (κ3) is 4.80. The number of ether oxygens (including phenoxy) is 1. The summed E-state index contributed by atoms with van der Waals surface area (Å²) in [7, 11) is 1.57. The molecule has 0 bridgehead atoms. The maximum absolute atomic E-state index is 14.3. The highest BCUT2D eigenvalue weighted by molar-refractivity contribution is 9.10. The number of hydrogen-bond acceptors (Lipinski definition) is 6. The topological polar surface area (TPSA) is 84.0 Å². The zero-order chi connectivity index (χ0) is 20.8. The lowest BCUT2D eigenvalue weighted by Crippen LogP contribution is -2.11. The van der Waals surface area contributed by atoms with Crippen molar-refractivity contribution in [2.45, 2.75) is 6.92 Å². The molecular weight excluding hydrogens is 441 g/mol. The molecule has 29 heavy (non-hydrogen) atoms. The maximum atomic E-state index is 14.3. The summed E-state index contributed by atoms with van der Waals surface area (Å²) in [4.78, 5) is 4.53. The van der Waals surface area contributed by atoms with Crippen molar-refractivity contribution in [1.29, 1.82) is 0 Å². The molecule has 2 N–H and O–H groups in total. The summed E-state index contributed by atoms with van der Waals surface area (Å²) in [6, 6.07) is 8.17. The maximum Gasteiger partial charge on any atom is 0.172 e. The van der Waals surface area contributed by atoms with E-state index in [1.807, 2.05) is 6.92 Å². The Balaban J connectivity index is 1.99. The lowest BCUT2D eigenvalue weighted by molar-refractivity contribution is 0.294. The van der Waals surface area contributed by atoms with Crippen molar-refractivity contribution in [2.75, 3.05) is 19.0 Å². The molecule has 0 radical (unpaired) electrons. The molecule has 0 spiro atoms. The van der Waals surface area contributed by atoms with Gasteiger partial charge >= 0.3 is 0 Å². The van der Waals surface area contributed by atoms with E-state index in [9.17, 15) is 4.39 Å². The van der Waals surface area contributed by atoms with Crippen molar-refractivity contribution in [3.8, 4) is 11.3 Å². The van der Waals surface area contributed by atoms with Crippen molar-refractivity contribution in [1.82, 2.24) is 14.6 Å². The summed E-state index contributed by atoms with van der Waals surface area (Å²) < 4.78 is 21.7. The standard InChI is InChI=1S/C20H19BrFN5O2/c1-13(29-2)7-8-14(11-25-28)10-23-19-9-18(15-5-3-4-6-17(15)22)26-20-16(21)12-24-27(19)20/h3-9,11-12,23,28H,10H2,1-2H3/b13-7+,14-8-,25-11+. The van der Waals surface area contributed by atoms with E-state index in [-0.39, 0.29) is 5.82 Å². The van der Waals surface area contributed by atoms with Crippen molar-refractivity contribution in [2.24, 2.45) is 5.16 Å². The summed E-state index contributed by atoms with van der Waals surface area (Å²) in [6.07, 6.45) is 6.47. The number of nitrogens with one attached hydrogen (secondary N) is 1. The van der Waals surface area contributed by atoms with Crippen molar-refractivity contribution < 1.29 is 14.3 Å². The molecule has 150 valence electrons. The molecule has 9 heteroatoms. The van der Waals surface area contributed by atoms with E-state index >= 15 is 0 Å². The number of fused-ring (bicyclic) bond motifs is 1. The first-order valence-corrected chi connectivity index (χ1v) is 9.44. The van der Waals surface area contributed by atoms with Crippen LogP contribution in [0.3, 0.4) is 0 Å². The number of oxime groups is 1. The van der Waals surface area contributed by atoms with E-state index in [2.05, 4.69) is 36.5 Å². The van der Waals surface area contributed by atoms with Gasteiger partial charge in [-0.2, -0.15) is 9.61 Å². The smallest absolute Gasteiger partial charge is 0.172 e. The van der Waals surface area contributed by atoms with Gasteiger partial charge in [0.05, 0.1) is 35.4 Å². The molecule has 0 aliphatic heterocycles. The highest BCUT2D eigenvalue weighted by atomic mass is 79.9. The molecule has 0 saturated carbocycles. The first-order chi connectivity index (χ1) is 14.0. The van der Waals surface area contributed by atoms with Gasteiger partial charge in [-0.15, -0.1) is 0 Å². The van der Waals surface area contributed by atoms with Crippen LogP contribution in [0.4, 0.5) is 10.2 Å². The number of allylic oxidation sites excluding steroid dienone is 3. The Morgan fingerprint density at radius 1 is 1.38 bits per heavy atom. The highest BCUT2D eigenvalue weighted by Gasteiger charge is 2.13. The van der Waals surface area contributed by atoms with E-state index in [1.54, 1.807) is 54.2 Å². The summed E-state index contributed by atoms with van der Waals surface area (Å²) in [6.45, 7) is 2.14. The molecule has 0 amide bonds. The van der Waals surface area contributed by atoms with E-state index in [1.165, 1.54) is 12.3 Å². The Kier molecular flexibility index (Phi) is 6.61. The lowest BCUT2D eigenvalue weighted by Gasteiger charge is -2.11. The first kappa shape index (κ1) is 20.5. The largest absolute Gasteiger partial charge is 0.501 e. The van der Waals surface area contributed by atoms with Crippen molar-refractivity contribution in [3.05, 3.63) is 70.3 Å². The van der Waals surface area contributed by atoms with Crippen LogP contribution >= 0.6 is 15.9 Å². The van der Waals surface area contributed by atoms with Gasteiger partial charge in [-0.25, -0.2) is 9.37 Å². The van der Waals surface area contributed by atoms with E-state index in [4.69, 9.17) is 9.94 Å². The molecule has 0 fully saturated rings. The van der Waals surface area contributed by atoms with Crippen LogP contribution in [-0.4, -0.2) is 39.7 Å². The second-order valence-corrected chi connectivity index (χ2v) is 6.91. The highest BCUT2D eigenvalue weighted by Crippen LogP contribution is 2.27. The minimum Gasteiger partial charge on any atom is -0.501 e. The second kappa shape index (κ2) is 9.33. The van der Waals surface area contributed by atoms with E-state index < -0.39 is 0 Å². The molecule has 0 aliphatic rings. The SMILES string of the molecule is CO/C(C)=C/C=C(\C=N\O)CNc1cc(-c2ccccc2F)nc2c(Br)cnn12. The van der Waals surface area contributed by atoms with E-state index in [0.29, 0.717) is 45.1 Å². The van der Waals surface area contributed by atoms with Gasteiger partial charge in [0.15, 0.2) is 5.65 Å². The van der Waals surface area contributed by atoms with Crippen molar-refractivity contribution in [3.63, 3.8) is 0 Å². The Labute approximate surface area is 175 Å². The predicted molar refractivity (Wildman–Crippen MR) is 114 cm³/mol. The van der Waals surface area contributed by atoms with Crippen LogP contribution in [-0.2, 0) is 4.74 Å². The Morgan fingerprint density at radius 2 is 2.17 bits per heavy atom. The van der Waals surface area contributed by atoms with Crippen molar-refractivity contribution >= 4 is 33.6 Å². The number of rotatable bonds is 7. The van der Waals surface area contributed by atoms with Crippen LogP contribution in [0, 0.1) is 5.82 Å². The third-order valence-electron chi connectivity index (χ3n) is 4.13. The van der Waals surface area contributed by atoms with Crippen LogP contribution in [0.1, 0.15) is 6.92 Å². The minimum absolute atomic E-state index is 0.324. The van der Waals surface area contributed by atoms with Gasteiger partial charge in [-0.3, -0.25) is 0 Å². The zero-order valence-electron chi connectivity index (χ0n) is 15.8. The van der Waals surface area contributed by atoms with E-state index in [0.717, 1.165) is 0 Å². The van der Waals surface area contributed by atoms with Gasteiger partial charge in [-0.1, -0.05) is 23.4 Å². The number of anilines is 1. The Bertz CT molecular complexity index is 1110. The molecule has 3 aromatic rings. The number of hydrogen-bond donors (Lipinski definition) is 2. The van der Waals surface area contributed by atoms with Gasteiger partial charge < -0.3 is 15.3 Å². The quantitative estimate of drug-likeness (QED) is 0.176. The fourth-order valence-electron chi connectivity index (χ4n) is 2.58. The third-order valence-corrected chi connectivity index (χ3v) is 4.69. The van der Waals surface area contributed by atoms with Crippen LogP contribution in [0.25, 0.3) is 16.9 Å². The molecular formula is C20H19BrFN5O2. The van der Waals surface area contributed by atoms with Gasteiger partial charge in [0.25, 0.3) is 0 Å². The van der Waals surface area contributed by atoms with Crippen LogP contribution in [0.2, 0.25) is 0 Å². The number of methoxy groups -OCH3 is 1. The summed E-state index contributed by atoms with van der Waals surface area (Å²) in [5.74, 6) is 0.945. The number of halogens is 2. The zero-order valence-corrected chi connectivity index (χ0v) is 17.4. The number of aromatic nitrogens is 3. The number of nitrogens with zero attached hydrogens (tertiary/aromatic N) is 4. The predicted octanol–water partition coefficient (Wildman–Crippen LogP) is 4.65. The van der Waals surface area contributed by atoms with Crippen LogP contribution in [0.15, 0.2) is 69.6 Å². The first-order valence-electron chi connectivity index (χ1n) is 8.65. The Hall–Kier alpha value is -3.20. The van der Waals surface area contributed by atoms with Crippen LogP contribution < -0.4 is 5.32 Å². The lowest BCUT2D eigenvalue weighted by atomic mass is 10.1. The second-order valence-electron chi connectivity index (χ2n) is 6.06. The number of benzene rings is 1. The molecule has 0 aliphatic carbocycles. The minimum atomic E-state index is -0.362. The van der Waals surface area contributed by atoms with Gasteiger partial charge in [0, 0.05) is 18.2 Å². The normalized spacial score (nSPS) is 12.7. The van der Waals surface area contributed by atoms with Crippen LogP contribution in [0.5, 0.6) is 0 Å². The molecule has 3 rings (SSSR count). The molecule has 0 saturated heterocycles. The summed E-state index contributed by atoms with van der Waals surface area (Å²) in [5, 5.41) is 19.6. The molecule has 1 aromatic carbocycles. The van der Waals surface area contributed by atoms with Gasteiger partial charge in [0.2, 0.25) is 0 Å². The summed E-state index contributed by atoms with van der Waals surface area (Å²) >= 11 is 3.43.